The van der Waals surface area contributed by atoms with E-state index in [1.165, 1.54) is 6.92 Å². The standard InChI is InChI=1S/C19H20Cl2N2O2/c1-13-7-8-16(11-18(13)21)23(14(2)24)10-9-19(25)22-12-15-5-3-4-6-17(15)20/h3-8,11H,9-10,12H2,1-2H3,(H,22,25). The highest BCUT2D eigenvalue weighted by Gasteiger charge is 2.14. The molecule has 6 heteroatoms. The van der Waals surface area contributed by atoms with Crippen LogP contribution in [0.3, 0.4) is 0 Å². The molecule has 0 fully saturated rings. The SMILES string of the molecule is CC(=O)N(CCC(=O)NCc1ccccc1Cl)c1ccc(C)c(Cl)c1. The van der Waals surface area contributed by atoms with Gasteiger partial charge in [0.1, 0.15) is 0 Å². The lowest BCUT2D eigenvalue weighted by Crippen LogP contribution is -2.33. The number of benzene rings is 2. The van der Waals surface area contributed by atoms with E-state index in [4.69, 9.17) is 23.2 Å². The zero-order chi connectivity index (χ0) is 18.4. The Morgan fingerprint density at radius 1 is 1.08 bits per heavy atom. The van der Waals surface area contributed by atoms with E-state index in [9.17, 15) is 9.59 Å². The van der Waals surface area contributed by atoms with Crippen molar-refractivity contribution in [2.24, 2.45) is 0 Å². The van der Waals surface area contributed by atoms with Gasteiger partial charge in [0.05, 0.1) is 0 Å². The van der Waals surface area contributed by atoms with E-state index in [0.717, 1.165) is 11.1 Å². The summed E-state index contributed by atoms with van der Waals surface area (Å²) in [5.41, 5.74) is 2.47. The van der Waals surface area contributed by atoms with Crippen LogP contribution in [0.15, 0.2) is 42.5 Å². The summed E-state index contributed by atoms with van der Waals surface area (Å²) in [6, 6.07) is 12.8. The maximum Gasteiger partial charge on any atom is 0.223 e. The number of hydrogen-bond acceptors (Lipinski definition) is 2. The van der Waals surface area contributed by atoms with E-state index in [0.29, 0.717) is 22.3 Å². The molecule has 0 heterocycles. The van der Waals surface area contributed by atoms with Gasteiger partial charge in [-0.3, -0.25) is 9.59 Å². The molecule has 2 aromatic carbocycles. The van der Waals surface area contributed by atoms with Crippen molar-refractivity contribution in [3.05, 3.63) is 63.6 Å². The van der Waals surface area contributed by atoms with Gasteiger partial charge in [-0.05, 0) is 36.2 Å². The maximum absolute atomic E-state index is 12.1. The third kappa shape index (κ3) is 5.48. The molecule has 0 aliphatic carbocycles. The fourth-order valence-electron chi connectivity index (χ4n) is 2.36. The predicted molar refractivity (Wildman–Crippen MR) is 102 cm³/mol. The first-order chi connectivity index (χ1) is 11.9. The molecular formula is C19H20Cl2N2O2. The second kappa shape index (κ2) is 8.88. The molecule has 0 aromatic heterocycles. The van der Waals surface area contributed by atoms with E-state index in [2.05, 4.69) is 5.32 Å². The van der Waals surface area contributed by atoms with E-state index < -0.39 is 0 Å². The van der Waals surface area contributed by atoms with Crippen molar-refractivity contribution >= 4 is 40.7 Å². The van der Waals surface area contributed by atoms with Crippen molar-refractivity contribution in [2.45, 2.75) is 26.8 Å². The lowest BCUT2D eigenvalue weighted by molar-refractivity contribution is -0.121. The van der Waals surface area contributed by atoms with Crippen molar-refractivity contribution in [3.63, 3.8) is 0 Å². The van der Waals surface area contributed by atoms with Crippen LogP contribution in [0, 0.1) is 6.92 Å². The van der Waals surface area contributed by atoms with Crippen molar-refractivity contribution in [1.82, 2.24) is 5.32 Å². The van der Waals surface area contributed by atoms with Gasteiger partial charge in [0.2, 0.25) is 11.8 Å². The molecule has 0 saturated heterocycles. The lowest BCUT2D eigenvalue weighted by Gasteiger charge is -2.21. The number of carbonyl (C=O) groups excluding carboxylic acids is 2. The Balaban J connectivity index is 1.94. The molecule has 0 saturated carbocycles. The number of nitrogens with one attached hydrogen (secondary N) is 1. The van der Waals surface area contributed by atoms with Gasteiger partial charge in [-0.2, -0.15) is 0 Å². The summed E-state index contributed by atoms with van der Waals surface area (Å²) < 4.78 is 0. The van der Waals surface area contributed by atoms with Crippen LogP contribution in [0.2, 0.25) is 10.0 Å². The first-order valence-electron chi connectivity index (χ1n) is 7.93. The monoisotopic (exact) mass is 378 g/mol. The molecule has 2 amide bonds. The summed E-state index contributed by atoms with van der Waals surface area (Å²) in [5, 5.41) is 4.02. The van der Waals surface area contributed by atoms with Gasteiger partial charge in [-0.25, -0.2) is 0 Å². The summed E-state index contributed by atoms with van der Waals surface area (Å²) in [4.78, 5) is 25.5. The first kappa shape index (κ1) is 19.3. The summed E-state index contributed by atoms with van der Waals surface area (Å²) in [6.07, 6.45) is 0.190. The summed E-state index contributed by atoms with van der Waals surface area (Å²) in [7, 11) is 0. The number of halogens is 2. The van der Waals surface area contributed by atoms with Crippen molar-refractivity contribution in [1.29, 1.82) is 0 Å². The van der Waals surface area contributed by atoms with Gasteiger partial charge in [-0.1, -0.05) is 47.5 Å². The minimum absolute atomic E-state index is 0.140. The van der Waals surface area contributed by atoms with Crippen LogP contribution in [0.1, 0.15) is 24.5 Å². The Morgan fingerprint density at radius 2 is 1.80 bits per heavy atom. The quantitative estimate of drug-likeness (QED) is 0.811. The number of hydrogen-bond donors (Lipinski definition) is 1. The van der Waals surface area contributed by atoms with Crippen LogP contribution in [-0.2, 0) is 16.1 Å². The molecule has 0 radical (unpaired) electrons. The highest BCUT2D eigenvalue weighted by Crippen LogP contribution is 2.23. The topological polar surface area (TPSA) is 49.4 Å². The van der Waals surface area contributed by atoms with Crippen LogP contribution in [0.5, 0.6) is 0 Å². The zero-order valence-corrected chi connectivity index (χ0v) is 15.7. The van der Waals surface area contributed by atoms with Gasteiger partial charge in [0.15, 0.2) is 0 Å². The van der Waals surface area contributed by atoms with Crippen LogP contribution >= 0.6 is 23.2 Å². The number of carbonyl (C=O) groups is 2. The molecule has 4 nitrogen and oxygen atoms in total. The van der Waals surface area contributed by atoms with Crippen LogP contribution in [0.25, 0.3) is 0 Å². The van der Waals surface area contributed by atoms with Crippen molar-refractivity contribution in [3.8, 4) is 0 Å². The summed E-state index contributed by atoms with van der Waals surface area (Å²) in [6.45, 7) is 4.00. The molecule has 0 spiro atoms. The molecular weight excluding hydrogens is 359 g/mol. The minimum atomic E-state index is -0.149. The fourth-order valence-corrected chi connectivity index (χ4v) is 2.73. The van der Waals surface area contributed by atoms with E-state index >= 15 is 0 Å². The number of nitrogens with zero attached hydrogens (tertiary/aromatic N) is 1. The second-order valence-corrected chi connectivity index (χ2v) is 6.54. The van der Waals surface area contributed by atoms with Crippen LogP contribution in [0.4, 0.5) is 5.69 Å². The van der Waals surface area contributed by atoms with Crippen molar-refractivity contribution in [2.75, 3.05) is 11.4 Å². The zero-order valence-electron chi connectivity index (χ0n) is 14.2. The van der Waals surface area contributed by atoms with Gasteiger partial charge in [0.25, 0.3) is 0 Å². The first-order valence-corrected chi connectivity index (χ1v) is 8.68. The lowest BCUT2D eigenvalue weighted by atomic mass is 10.2. The average molecular weight is 379 g/mol. The summed E-state index contributed by atoms with van der Waals surface area (Å²) in [5.74, 6) is -0.289. The van der Waals surface area contributed by atoms with Gasteiger partial charge >= 0.3 is 0 Å². The maximum atomic E-state index is 12.1. The molecule has 2 aromatic rings. The third-order valence-corrected chi connectivity index (χ3v) is 4.62. The van der Waals surface area contributed by atoms with E-state index in [-0.39, 0.29) is 24.8 Å². The van der Waals surface area contributed by atoms with E-state index in [1.807, 2.05) is 37.3 Å². The molecule has 2 rings (SSSR count). The largest absolute Gasteiger partial charge is 0.352 e. The summed E-state index contributed by atoms with van der Waals surface area (Å²) >= 11 is 12.2. The molecule has 0 atom stereocenters. The van der Waals surface area contributed by atoms with Crippen LogP contribution in [-0.4, -0.2) is 18.4 Å². The van der Waals surface area contributed by atoms with Gasteiger partial charge in [0, 0.05) is 42.2 Å². The molecule has 25 heavy (non-hydrogen) atoms. The average Bonchev–Trinajstić information content (AvgIpc) is 2.57. The molecule has 0 aliphatic rings. The molecule has 0 aliphatic heterocycles. The Hall–Kier alpha value is -2.04. The van der Waals surface area contributed by atoms with Crippen molar-refractivity contribution < 1.29 is 9.59 Å². The van der Waals surface area contributed by atoms with Crippen LogP contribution < -0.4 is 10.2 Å². The second-order valence-electron chi connectivity index (χ2n) is 5.72. The van der Waals surface area contributed by atoms with E-state index in [1.54, 1.807) is 17.0 Å². The smallest absolute Gasteiger partial charge is 0.223 e. The minimum Gasteiger partial charge on any atom is -0.352 e. The number of anilines is 1. The number of amides is 2. The number of aryl methyl sites for hydroxylation is 1. The number of rotatable bonds is 6. The van der Waals surface area contributed by atoms with Gasteiger partial charge in [-0.15, -0.1) is 0 Å². The molecule has 1 N–H and O–H groups in total. The Labute approximate surface area is 157 Å². The third-order valence-electron chi connectivity index (χ3n) is 3.84. The highest BCUT2D eigenvalue weighted by molar-refractivity contribution is 6.31. The molecule has 132 valence electrons. The normalized spacial score (nSPS) is 10.4. The molecule has 0 unspecified atom stereocenters. The highest BCUT2D eigenvalue weighted by atomic mass is 35.5. The Morgan fingerprint density at radius 3 is 2.44 bits per heavy atom. The predicted octanol–water partition coefficient (Wildman–Crippen LogP) is 4.36. The Bertz CT molecular complexity index is 778. The Kier molecular flexibility index (Phi) is 6.85. The molecule has 0 bridgehead atoms. The fraction of sp³-hybridized carbons (Fsp3) is 0.263. The van der Waals surface area contributed by atoms with Gasteiger partial charge < -0.3 is 10.2 Å².